The van der Waals surface area contributed by atoms with Gasteiger partial charge in [-0.1, -0.05) is 35.9 Å². The Morgan fingerprint density at radius 2 is 1.90 bits per heavy atom. The number of halogens is 4. The van der Waals surface area contributed by atoms with E-state index in [2.05, 4.69) is 10.3 Å². The number of carbonyl (C=O) groups excluding carboxylic acids is 3. The molecular weight excluding hydrogens is 559 g/mol. The molecule has 0 spiro atoms. The Labute approximate surface area is 238 Å². The molecule has 2 atom stereocenters. The van der Waals surface area contributed by atoms with E-state index < -0.39 is 60.4 Å². The van der Waals surface area contributed by atoms with Crippen molar-refractivity contribution in [3.05, 3.63) is 88.8 Å². The lowest BCUT2D eigenvalue weighted by molar-refractivity contribution is -0.133. The summed E-state index contributed by atoms with van der Waals surface area (Å²) in [7, 11) is 0. The van der Waals surface area contributed by atoms with Gasteiger partial charge in [0.05, 0.1) is 5.56 Å². The minimum absolute atomic E-state index is 0.0187. The smallest absolute Gasteiger partial charge is 0.252 e. The van der Waals surface area contributed by atoms with Crippen LogP contribution in [0.15, 0.2) is 66.9 Å². The maximum Gasteiger partial charge on any atom is 0.252 e. The Hall–Kier alpha value is -4.43. The second-order valence-corrected chi connectivity index (χ2v) is 10.3. The lowest BCUT2D eigenvalue weighted by Gasteiger charge is -2.39. The number of hydrogen-bond donors (Lipinski definition) is 1. The molecule has 210 valence electrons. The minimum Gasteiger partial charge on any atom is -0.351 e. The molecule has 0 radical (unpaired) electrons. The molecule has 41 heavy (non-hydrogen) atoms. The standard InChI is InChI=1S/C29H23ClF3N5O3/c30-22-9-2-1-8-21(22)25(27(40)36-19-14-29(32,33)15-19)37(20-7-3-6-18(31)13-20)28(41)23-10-11-24(39)38(23)26-17(16-34)5-4-12-35-26/h1-9,12-13,19,23,25H,10-11,14-15H2,(H,36,40)/t23-,25?/m0/s1. The number of aromatic nitrogens is 1. The molecule has 3 amide bonds. The molecule has 1 aliphatic carbocycles. The summed E-state index contributed by atoms with van der Waals surface area (Å²) in [6.07, 6.45) is 0.223. The van der Waals surface area contributed by atoms with E-state index in [0.717, 1.165) is 21.9 Å². The summed E-state index contributed by atoms with van der Waals surface area (Å²) in [6, 6.07) is 12.5. The summed E-state index contributed by atoms with van der Waals surface area (Å²) < 4.78 is 41.7. The topological polar surface area (TPSA) is 106 Å². The van der Waals surface area contributed by atoms with E-state index in [0.29, 0.717) is 0 Å². The highest BCUT2D eigenvalue weighted by Crippen LogP contribution is 2.40. The lowest BCUT2D eigenvalue weighted by atomic mass is 9.87. The minimum atomic E-state index is -2.91. The summed E-state index contributed by atoms with van der Waals surface area (Å²) in [4.78, 5) is 47.6. The number of pyridine rings is 1. The molecule has 2 aliphatic rings. The number of carbonyl (C=O) groups is 3. The maximum atomic E-state index is 14.5. The van der Waals surface area contributed by atoms with Crippen molar-refractivity contribution in [2.24, 2.45) is 0 Å². The largest absolute Gasteiger partial charge is 0.351 e. The molecular formula is C29H23ClF3N5O3. The molecule has 1 N–H and O–H groups in total. The van der Waals surface area contributed by atoms with Crippen LogP contribution in [0.4, 0.5) is 24.7 Å². The second-order valence-electron chi connectivity index (χ2n) is 9.89. The van der Waals surface area contributed by atoms with Gasteiger partial charge in [0.15, 0.2) is 5.82 Å². The molecule has 0 bridgehead atoms. The van der Waals surface area contributed by atoms with Gasteiger partial charge in [0, 0.05) is 47.8 Å². The molecule has 2 fully saturated rings. The summed E-state index contributed by atoms with van der Waals surface area (Å²) in [6.45, 7) is 0. The van der Waals surface area contributed by atoms with Gasteiger partial charge in [0.25, 0.3) is 11.8 Å². The van der Waals surface area contributed by atoms with Gasteiger partial charge in [-0.2, -0.15) is 5.26 Å². The van der Waals surface area contributed by atoms with Crippen molar-refractivity contribution in [2.75, 3.05) is 9.80 Å². The average Bonchev–Trinajstić information content (AvgIpc) is 3.31. The summed E-state index contributed by atoms with van der Waals surface area (Å²) in [5.74, 6) is -5.67. The molecule has 1 aliphatic heterocycles. The van der Waals surface area contributed by atoms with Gasteiger partial charge >= 0.3 is 0 Å². The van der Waals surface area contributed by atoms with Crippen LogP contribution >= 0.6 is 11.6 Å². The Morgan fingerprint density at radius 1 is 1.15 bits per heavy atom. The van der Waals surface area contributed by atoms with Crippen molar-refractivity contribution < 1.29 is 27.6 Å². The molecule has 3 aromatic rings. The van der Waals surface area contributed by atoms with Crippen molar-refractivity contribution >= 4 is 40.8 Å². The monoisotopic (exact) mass is 581 g/mol. The van der Waals surface area contributed by atoms with Crippen LogP contribution in [0.5, 0.6) is 0 Å². The van der Waals surface area contributed by atoms with Gasteiger partial charge in [0.1, 0.15) is 24.0 Å². The molecule has 1 unspecified atom stereocenters. The summed E-state index contributed by atoms with van der Waals surface area (Å²) in [5, 5.41) is 12.3. The lowest BCUT2D eigenvalue weighted by Crippen LogP contribution is -2.56. The molecule has 2 heterocycles. The van der Waals surface area contributed by atoms with Crippen LogP contribution < -0.4 is 15.1 Å². The first-order chi connectivity index (χ1) is 19.6. The summed E-state index contributed by atoms with van der Waals surface area (Å²) in [5.41, 5.74) is 0.209. The quantitative estimate of drug-likeness (QED) is 0.426. The second kappa shape index (κ2) is 11.2. The maximum absolute atomic E-state index is 14.5. The highest BCUT2D eigenvalue weighted by Gasteiger charge is 2.48. The van der Waals surface area contributed by atoms with Gasteiger partial charge in [-0.05, 0) is 42.8 Å². The van der Waals surface area contributed by atoms with Crippen LogP contribution in [0.3, 0.4) is 0 Å². The molecule has 1 aromatic heterocycles. The number of amides is 3. The van der Waals surface area contributed by atoms with E-state index >= 15 is 0 Å². The normalized spacial score (nSPS) is 18.8. The summed E-state index contributed by atoms with van der Waals surface area (Å²) >= 11 is 6.48. The first-order valence-electron chi connectivity index (χ1n) is 12.8. The average molecular weight is 582 g/mol. The van der Waals surface area contributed by atoms with Crippen LogP contribution in [0.25, 0.3) is 0 Å². The first-order valence-corrected chi connectivity index (χ1v) is 13.2. The zero-order valence-electron chi connectivity index (χ0n) is 21.4. The van der Waals surface area contributed by atoms with E-state index in [-0.39, 0.29) is 40.5 Å². The van der Waals surface area contributed by atoms with Gasteiger partial charge < -0.3 is 5.32 Å². The van der Waals surface area contributed by atoms with Gasteiger partial charge in [-0.15, -0.1) is 0 Å². The Bertz CT molecular complexity index is 1550. The fourth-order valence-corrected chi connectivity index (χ4v) is 5.43. The number of rotatable bonds is 7. The third-order valence-electron chi connectivity index (χ3n) is 7.10. The van der Waals surface area contributed by atoms with Gasteiger partial charge in [-0.3, -0.25) is 24.2 Å². The van der Waals surface area contributed by atoms with Crippen molar-refractivity contribution in [1.29, 1.82) is 5.26 Å². The number of nitrogens with one attached hydrogen (secondary N) is 1. The van der Waals surface area contributed by atoms with Crippen molar-refractivity contribution in [2.45, 2.75) is 49.7 Å². The fourth-order valence-electron chi connectivity index (χ4n) is 5.19. The third-order valence-corrected chi connectivity index (χ3v) is 7.44. The number of hydrogen-bond acceptors (Lipinski definition) is 5. The van der Waals surface area contributed by atoms with Crippen molar-refractivity contribution in [1.82, 2.24) is 10.3 Å². The highest BCUT2D eigenvalue weighted by molar-refractivity contribution is 6.31. The van der Waals surface area contributed by atoms with E-state index in [9.17, 15) is 32.8 Å². The SMILES string of the molecule is N#Cc1cccnc1N1C(=O)CC[C@H]1C(=O)N(c1cccc(F)c1)C(C(=O)NC1CC(F)(F)C1)c1ccccc1Cl. The number of anilines is 2. The van der Waals surface area contributed by atoms with Gasteiger partial charge in [0.2, 0.25) is 11.8 Å². The zero-order valence-corrected chi connectivity index (χ0v) is 22.2. The van der Waals surface area contributed by atoms with E-state index in [1.165, 1.54) is 42.6 Å². The zero-order chi connectivity index (χ0) is 29.3. The van der Waals surface area contributed by atoms with Crippen LogP contribution in [0, 0.1) is 17.1 Å². The van der Waals surface area contributed by atoms with Crippen molar-refractivity contribution in [3.8, 4) is 6.07 Å². The predicted molar refractivity (Wildman–Crippen MR) is 144 cm³/mol. The van der Waals surface area contributed by atoms with E-state index in [1.54, 1.807) is 12.1 Å². The first kappa shape index (κ1) is 28.1. The van der Waals surface area contributed by atoms with Gasteiger partial charge in [-0.25, -0.2) is 18.2 Å². The van der Waals surface area contributed by atoms with Crippen LogP contribution in [0.1, 0.15) is 42.9 Å². The molecule has 2 aromatic carbocycles. The predicted octanol–water partition coefficient (Wildman–Crippen LogP) is 4.93. The highest BCUT2D eigenvalue weighted by atomic mass is 35.5. The Morgan fingerprint density at radius 3 is 2.59 bits per heavy atom. The molecule has 1 saturated carbocycles. The number of benzene rings is 2. The number of nitrogens with zero attached hydrogens (tertiary/aromatic N) is 4. The molecule has 5 rings (SSSR count). The van der Waals surface area contributed by atoms with E-state index in [4.69, 9.17) is 11.6 Å². The van der Waals surface area contributed by atoms with Crippen LogP contribution in [0.2, 0.25) is 5.02 Å². The number of nitriles is 1. The van der Waals surface area contributed by atoms with Crippen molar-refractivity contribution in [3.63, 3.8) is 0 Å². The molecule has 1 saturated heterocycles. The molecule has 12 heteroatoms. The Balaban J connectivity index is 1.62. The molecule has 8 nitrogen and oxygen atoms in total. The van der Waals surface area contributed by atoms with Crippen LogP contribution in [-0.4, -0.2) is 40.7 Å². The van der Waals surface area contributed by atoms with Crippen LogP contribution in [-0.2, 0) is 14.4 Å². The fraction of sp³-hybridized carbons (Fsp3) is 0.276. The third kappa shape index (κ3) is 5.60. The van der Waals surface area contributed by atoms with E-state index in [1.807, 2.05) is 6.07 Å². The Kier molecular flexibility index (Phi) is 7.69. The number of alkyl halides is 2.